The summed E-state index contributed by atoms with van der Waals surface area (Å²) in [4.78, 5) is 12.1. The largest absolute Gasteiger partial charge is 0.504 e. The van der Waals surface area contributed by atoms with E-state index in [1.807, 2.05) is 30.3 Å². The van der Waals surface area contributed by atoms with Gasteiger partial charge in [0, 0.05) is 5.56 Å². The molecule has 0 heterocycles. The van der Waals surface area contributed by atoms with E-state index in [1.165, 1.54) is 18.3 Å². The summed E-state index contributed by atoms with van der Waals surface area (Å²) in [7, 11) is 0. The molecule has 3 N–H and O–H groups in total. The van der Waals surface area contributed by atoms with Crippen molar-refractivity contribution >= 4 is 22.9 Å². The summed E-state index contributed by atoms with van der Waals surface area (Å²) in [6, 6.07) is 17.5. The molecule has 0 atom stereocenters. The van der Waals surface area contributed by atoms with Gasteiger partial charge in [0.05, 0.1) is 6.21 Å². The van der Waals surface area contributed by atoms with Crippen molar-refractivity contribution in [3.8, 4) is 11.5 Å². The topological polar surface area (TPSA) is 81.9 Å². The molecule has 23 heavy (non-hydrogen) atoms. The second kappa shape index (κ2) is 6.19. The van der Waals surface area contributed by atoms with Crippen LogP contribution in [0.3, 0.4) is 0 Å². The molecule has 3 aromatic rings. The second-order valence-corrected chi connectivity index (χ2v) is 5.01. The Balaban J connectivity index is 1.72. The van der Waals surface area contributed by atoms with Crippen LogP contribution >= 0.6 is 0 Å². The Morgan fingerprint density at radius 1 is 0.913 bits per heavy atom. The smallest absolute Gasteiger partial charge is 0.271 e. The number of nitrogens with one attached hydrogen (secondary N) is 1. The summed E-state index contributed by atoms with van der Waals surface area (Å²) in [6.45, 7) is 0. The lowest BCUT2D eigenvalue weighted by atomic mass is 10.1. The van der Waals surface area contributed by atoms with Gasteiger partial charge >= 0.3 is 0 Å². The van der Waals surface area contributed by atoms with Gasteiger partial charge in [-0.05, 0) is 46.7 Å². The van der Waals surface area contributed by atoms with Gasteiger partial charge in [0.2, 0.25) is 0 Å². The Morgan fingerprint density at radius 3 is 2.48 bits per heavy atom. The molecule has 0 aliphatic carbocycles. The van der Waals surface area contributed by atoms with E-state index in [4.69, 9.17) is 0 Å². The summed E-state index contributed by atoms with van der Waals surface area (Å²) >= 11 is 0. The third-order valence-corrected chi connectivity index (χ3v) is 3.39. The van der Waals surface area contributed by atoms with Gasteiger partial charge in [-0.2, -0.15) is 5.10 Å². The van der Waals surface area contributed by atoms with E-state index < -0.39 is 0 Å². The first-order valence-corrected chi connectivity index (χ1v) is 6.98. The van der Waals surface area contributed by atoms with Crippen molar-refractivity contribution in [3.63, 3.8) is 0 Å². The van der Waals surface area contributed by atoms with Crippen LogP contribution in [0.4, 0.5) is 0 Å². The Hall–Kier alpha value is -3.34. The molecule has 0 spiro atoms. The molecule has 1 amide bonds. The van der Waals surface area contributed by atoms with Crippen LogP contribution in [0.25, 0.3) is 10.8 Å². The minimum absolute atomic E-state index is 0.206. The van der Waals surface area contributed by atoms with Crippen molar-refractivity contribution in [2.24, 2.45) is 5.10 Å². The molecule has 0 fully saturated rings. The predicted molar refractivity (Wildman–Crippen MR) is 88.8 cm³/mol. The lowest BCUT2D eigenvalue weighted by Crippen LogP contribution is -2.17. The van der Waals surface area contributed by atoms with Crippen molar-refractivity contribution < 1.29 is 15.0 Å². The maximum atomic E-state index is 12.1. The third-order valence-electron chi connectivity index (χ3n) is 3.39. The predicted octanol–water partition coefficient (Wildman–Crippen LogP) is 3.01. The molecule has 3 rings (SSSR count). The van der Waals surface area contributed by atoms with Gasteiger partial charge in [-0.25, -0.2) is 5.43 Å². The second-order valence-electron chi connectivity index (χ2n) is 5.01. The van der Waals surface area contributed by atoms with Crippen molar-refractivity contribution in [2.75, 3.05) is 0 Å². The molecular formula is C18H14N2O3. The highest BCUT2D eigenvalue weighted by Crippen LogP contribution is 2.24. The molecule has 0 aromatic heterocycles. The molecule has 0 radical (unpaired) electrons. The van der Waals surface area contributed by atoms with Gasteiger partial charge in [0.15, 0.2) is 11.5 Å². The molecule has 0 unspecified atom stereocenters. The van der Waals surface area contributed by atoms with E-state index in [0.29, 0.717) is 11.1 Å². The van der Waals surface area contributed by atoms with Crippen LogP contribution in [0.2, 0.25) is 0 Å². The quantitative estimate of drug-likeness (QED) is 0.395. The number of rotatable bonds is 3. The number of hydrazone groups is 1. The minimum Gasteiger partial charge on any atom is -0.504 e. The van der Waals surface area contributed by atoms with E-state index >= 15 is 0 Å². The van der Waals surface area contributed by atoms with Crippen molar-refractivity contribution in [2.45, 2.75) is 0 Å². The van der Waals surface area contributed by atoms with Crippen LogP contribution in [0.15, 0.2) is 65.8 Å². The summed E-state index contributed by atoms with van der Waals surface area (Å²) < 4.78 is 0. The molecule has 5 heteroatoms. The van der Waals surface area contributed by atoms with Crippen LogP contribution < -0.4 is 5.43 Å². The van der Waals surface area contributed by atoms with Crippen molar-refractivity contribution in [3.05, 3.63) is 71.8 Å². The zero-order valence-electron chi connectivity index (χ0n) is 12.1. The maximum Gasteiger partial charge on any atom is 0.271 e. The Labute approximate surface area is 132 Å². The molecule has 0 aliphatic rings. The number of phenols is 2. The van der Waals surface area contributed by atoms with Gasteiger partial charge < -0.3 is 10.2 Å². The van der Waals surface area contributed by atoms with Gasteiger partial charge in [0.1, 0.15) is 0 Å². The van der Waals surface area contributed by atoms with Crippen LogP contribution in [0.5, 0.6) is 11.5 Å². The Kier molecular flexibility index (Phi) is 3.93. The molecule has 0 aliphatic heterocycles. The Morgan fingerprint density at radius 2 is 1.70 bits per heavy atom. The number of hydrogen-bond acceptors (Lipinski definition) is 4. The number of amides is 1. The number of fused-ring (bicyclic) bond motifs is 1. The zero-order chi connectivity index (χ0) is 16.2. The number of nitrogens with zero attached hydrogens (tertiary/aromatic N) is 1. The fraction of sp³-hybridized carbons (Fsp3) is 0. The van der Waals surface area contributed by atoms with Crippen LogP contribution in [0, 0.1) is 0 Å². The first-order chi connectivity index (χ1) is 11.1. The van der Waals surface area contributed by atoms with Crippen molar-refractivity contribution in [1.29, 1.82) is 0 Å². The lowest BCUT2D eigenvalue weighted by molar-refractivity contribution is 0.0955. The molecule has 3 aromatic carbocycles. The fourth-order valence-electron chi connectivity index (χ4n) is 2.18. The number of carbonyl (C=O) groups excluding carboxylic acids is 1. The molecule has 0 saturated carbocycles. The normalized spacial score (nSPS) is 11.0. The lowest BCUT2D eigenvalue weighted by Gasteiger charge is -2.02. The fourth-order valence-corrected chi connectivity index (χ4v) is 2.18. The number of benzene rings is 3. The van der Waals surface area contributed by atoms with Crippen LogP contribution in [0.1, 0.15) is 15.9 Å². The molecular weight excluding hydrogens is 292 g/mol. The van der Waals surface area contributed by atoms with Crippen LogP contribution in [-0.4, -0.2) is 22.3 Å². The van der Waals surface area contributed by atoms with Crippen LogP contribution in [-0.2, 0) is 0 Å². The highest BCUT2D eigenvalue weighted by molar-refractivity contribution is 5.99. The standard InChI is InChI=1S/C18H14N2O3/c21-16-8-5-12(9-17(16)22)11-19-20-18(23)15-7-6-13-3-1-2-4-14(13)10-15/h1-11,21-22H,(H,20,23)/b19-11+. The van der Waals surface area contributed by atoms with Crippen molar-refractivity contribution in [1.82, 2.24) is 5.43 Å². The number of phenolic OH excluding ortho intramolecular Hbond substituents is 2. The van der Waals surface area contributed by atoms with Gasteiger partial charge in [-0.1, -0.05) is 30.3 Å². The highest BCUT2D eigenvalue weighted by Gasteiger charge is 2.05. The molecule has 0 saturated heterocycles. The maximum absolute atomic E-state index is 12.1. The minimum atomic E-state index is -0.324. The number of aromatic hydroxyl groups is 2. The Bertz CT molecular complexity index is 904. The van der Waals surface area contributed by atoms with Gasteiger partial charge in [-0.15, -0.1) is 0 Å². The first kappa shape index (κ1) is 14.6. The van der Waals surface area contributed by atoms with E-state index in [-0.39, 0.29) is 17.4 Å². The summed E-state index contributed by atoms with van der Waals surface area (Å²) in [5.74, 6) is -0.771. The van der Waals surface area contributed by atoms with E-state index in [0.717, 1.165) is 10.8 Å². The summed E-state index contributed by atoms with van der Waals surface area (Å²) in [6.07, 6.45) is 1.39. The summed E-state index contributed by atoms with van der Waals surface area (Å²) in [5, 5.41) is 24.5. The average Bonchev–Trinajstić information content (AvgIpc) is 2.57. The molecule has 114 valence electrons. The summed E-state index contributed by atoms with van der Waals surface area (Å²) in [5.41, 5.74) is 3.50. The zero-order valence-corrected chi connectivity index (χ0v) is 12.1. The number of carbonyl (C=O) groups is 1. The first-order valence-electron chi connectivity index (χ1n) is 6.98. The number of hydrogen-bond donors (Lipinski definition) is 3. The average molecular weight is 306 g/mol. The van der Waals surface area contributed by atoms with E-state index in [1.54, 1.807) is 18.2 Å². The van der Waals surface area contributed by atoms with Gasteiger partial charge in [0.25, 0.3) is 5.91 Å². The highest BCUT2D eigenvalue weighted by atomic mass is 16.3. The SMILES string of the molecule is O=C(N/N=C/c1ccc(O)c(O)c1)c1ccc2ccccc2c1. The van der Waals surface area contributed by atoms with Gasteiger partial charge in [-0.3, -0.25) is 4.79 Å². The monoisotopic (exact) mass is 306 g/mol. The molecule has 0 bridgehead atoms. The van der Waals surface area contributed by atoms with E-state index in [2.05, 4.69) is 10.5 Å². The molecule has 5 nitrogen and oxygen atoms in total. The third kappa shape index (κ3) is 3.29. The van der Waals surface area contributed by atoms with E-state index in [9.17, 15) is 15.0 Å².